The Morgan fingerprint density at radius 1 is 1.44 bits per heavy atom. The predicted octanol–water partition coefficient (Wildman–Crippen LogP) is 2.29. The van der Waals surface area contributed by atoms with Crippen molar-refractivity contribution in [1.82, 2.24) is 10.3 Å². The molecular weight excluding hydrogens is 243 g/mol. The van der Waals surface area contributed by atoms with Crippen LogP contribution in [0, 0.1) is 0 Å². The molecule has 0 aliphatic carbocycles. The molecule has 2 heterocycles. The van der Waals surface area contributed by atoms with Crippen molar-refractivity contribution in [3.05, 3.63) is 23.9 Å². The van der Waals surface area contributed by atoms with Gasteiger partial charge in [0, 0.05) is 25.3 Å². The van der Waals surface area contributed by atoms with Gasteiger partial charge >= 0.3 is 6.18 Å². The second kappa shape index (κ2) is 5.14. The Kier molecular flexibility index (Phi) is 3.75. The SMILES string of the molecule is CNCC1CCCN1c1ccc(C(F)(F)F)cn1. The average Bonchev–Trinajstić information content (AvgIpc) is 2.77. The number of rotatable bonds is 3. The van der Waals surface area contributed by atoms with Gasteiger partial charge in [-0.2, -0.15) is 13.2 Å². The molecule has 0 saturated carbocycles. The molecule has 0 spiro atoms. The van der Waals surface area contributed by atoms with Crippen LogP contribution in [-0.4, -0.2) is 31.2 Å². The number of pyridine rings is 1. The topological polar surface area (TPSA) is 28.2 Å². The first-order chi connectivity index (χ1) is 8.52. The van der Waals surface area contributed by atoms with Gasteiger partial charge in [0.1, 0.15) is 5.82 Å². The number of nitrogens with one attached hydrogen (secondary N) is 1. The molecule has 1 aromatic heterocycles. The molecule has 3 nitrogen and oxygen atoms in total. The van der Waals surface area contributed by atoms with E-state index in [1.54, 1.807) is 0 Å². The maximum atomic E-state index is 12.4. The highest BCUT2D eigenvalue weighted by Gasteiger charge is 2.31. The van der Waals surface area contributed by atoms with Crippen LogP contribution in [-0.2, 0) is 6.18 Å². The lowest BCUT2D eigenvalue weighted by Gasteiger charge is -2.25. The first-order valence-electron chi connectivity index (χ1n) is 5.97. The Hall–Kier alpha value is -1.30. The van der Waals surface area contributed by atoms with Crippen LogP contribution in [0.3, 0.4) is 0 Å². The Morgan fingerprint density at radius 2 is 2.22 bits per heavy atom. The Labute approximate surface area is 104 Å². The van der Waals surface area contributed by atoms with Crippen molar-refractivity contribution in [2.24, 2.45) is 0 Å². The molecular formula is C12H16F3N3. The highest BCUT2D eigenvalue weighted by molar-refractivity contribution is 5.42. The molecule has 1 atom stereocenters. The monoisotopic (exact) mass is 259 g/mol. The molecule has 18 heavy (non-hydrogen) atoms. The first kappa shape index (κ1) is 13.1. The molecule has 1 N–H and O–H groups in total. The second-order valence-electron chi connectivity index (χ2n) is 4.45. The van der Waals surface area contributed by atoms with E-state index in [9.17, 15) is 13.2 Å². The summed E-state index contributed by atoms with van der Waals surface area (Å²) in [6, 6.07) is 2.87. The molecule has 1 saturated heterocycles. The lowest BCUT2D eigenvalue weighted by atomic mass is 10.2. The number of hydrogen-bond donors (Lipinski definition) is 1. The quantitative estimate of drug-likeness (QED) is 0.902. The summed E-state index contributed by atoms with van der Waals surface area (Å²) in [5.41, 5.74) is -0.699. The van der Waals surface area contributed by atoms with Crippen molar-refractivity contribution in [2.75, 3.05) is 25.0 Å². The van der Waals surface area contributed by atoms with Crippen LogP contribution in [0.5, 0.6) is 0 Å². The van der Waals surface area contributed by atoms with Crippen molar-refractivity contribution in [3.8, 4) is 0 Å². The van der Waals surface area contributed by atoms with Gasteiger partial charge in [-0.15, -0.1) is 0 Å². The maximum absolute atomic E-state index is 12.4. The highest BCUT2D eigenvalue weighted by Crippen LogP contribution is 2.30. The van der Waals surface area contributed by atoms with Crippen LogP contribution in [0.4, 0.5) is 19.0 Å². The van der Waals surface area contributed by atoms with E-state index in [2.05, 4.69) is 15.2 Å². The van der Waals surface area contributed by atoms with E-state index in [-0.39, 0.29) is 0 Å². The molecule has 1 aromatic rings. The molecule has 6 heteroatoms. The van der Waals surface area contributed by atoms with E-state index in [1.165, 1.54) is 6.07 Å². The molecule has 0 bridgehead atoms. The third kappa shape index (κ3) is 2.75. The standard InChI is InChI=1S/C12H16F3N3/c1-16-8-10-3-2-6-18(10)11-5-4-9(7-17-11)12(13,14)15/h4-5,7,10,16H,2-3,6,8H2,1H3. The van der Waals surface area contributed by atoms with Crippen molar-refractivity contribution in [2.45, 2.75) is 25.1 Å². The van der Waals surface area contributed by atoms with Crippen LogP contribution in [0.1, 0.15) is 18.4 Å². The molecule has 0 amide bonds. The number of anilines is 1. The van der Waals surface area contributed by atoms with Gasteiger partial charge in [-0.3, -0.25) is 0 Å². The summed E-state index contributed by atoms with van der Waals surface area (Å²) in [5, 5.41) is 3.10. The number of aromatic nitrogens is 1. The molecule has 100 valence electrons. The zero-order valence-electron chi connectivity index (χ0n) is 10.2. The summed E-state index contributed by atoms with van der Waals surface area (Å²) < 4.78 is 37.3. The molecule has 0 radical (unpaired) electrons. The van der Waals surface area contributed by atoms with Crippen LogP contribution >= 0.6 is 0 Å². The van der Waals surface area contributed by atoms with E-state index >= 15 is 0 Å². The minimum Gasteiger partial charge on any atom is -0.352 e. The van der Waals surface area contributed by atoms with Crippen LogP contribution < -0.4 is 10.2 Å². The second-order valence-corrected chi connectivity index (χ2v) is 4.45. The number of alkyl halides is 3. The van der Waals surface area contributed by atoms with Crippen molar-refractivity contribution in [3.63, 3.8) is 0 Å². The summed E-state index contributed by atoms with van der Waals surface area (Å²) in [4.78, 5) is 6.00. The van der Waals surface area contributed by atoms with Gasteiger partial charge in [0.25, 0.3) is 0 Å². The highest BCUT2D eigenvalue weighted by atomic mass is 19.4. The third-order valence-electron chi connectivity index (χ3n) is 3.19. The number of nitrogens with zero attached hydrogens (tertiary/aromatic N) is 2. The molecule has 2 rings (SSSR count). The van der Waals surface area contributed by atoms with Gasteiger partial charge in [-0.1, -0.05) is 0 Å². The van der Waals surface area contributed by atoms with Gasteiger partial charge in [-0.05, 0) is 32.0 Å². The summed E-state index contributed by atoms with van der Waals surface area (Å²) >= 11 is 0. The summed E-state index contributed by atoms with van der Waals surface area (Å²) in [6.45, 7) is 1.67. The summed E-state index contributed by atoms with van der Waals surface area (Å²) in [7, 11) is 1.87. The lowest BCUT2D eigenvalue weighted by Crippen LogP contribution is -2.37. The Balaban J connectivity index is 2.14. The summed E-state index contributed by atoms with van der Waals surface area (Å²) in [5.74, 6) is 0.626. The zero-order valence-corrected chi connectivity index (χ0v) is 10.2. The average molecular weight is 259 g/mol. The summed E-state index contributed by atoms with van der Waals surface area (Å²) in [6.07, 6.45) is -1.32. The minimum absolute atomic E-state index is 0.319. The first-order valence-corrected chi connectivity index (χ1v) is 5.97. The number of likely N-dealkylation sites (N-methyl/N-ethyl adjacent to an activating group) is 1. The van der Waals surface area contributed by atoms with Gasteiger partial charge in [0.2, 0.25) is 0 Å². The van der Waals surface area contributed by atoms with Crippen LogP contribution in [0.15, 0.2) is 18.3 Å². The molecule has 1 aliphatic heterocycles. The van der Waals surface area contributed by atoms with Gasteiger partial charge in [0.15, 0.2) is 0 Å². The van der Waals surface area contributed by atoms with Crippen LogP contribution in [0.2, 0.25) is 0 Å². The molecule has 1 fully saturated rings. The molecule has 0 aromatic carbocycles. The fraction of sp³-hybridized carbons (Fsp3) is 0.583. The van der Waals surface area contributed by atoms with E-state index < -0.39 is 11.7 Å². The number of hydrogen-bond acceptors (Lipinski definition) is 3. The van der Waals surface area contributed by atoms with Gasteiger partial charge < -0.3 is 10.2 Å². The molecule has 1 aliphatic rings. The normalized spacial score (nSPS) is 20.4. The molecule has 1 unspecified atom stereocenters. The smallest absolute Gasteiger partial charge is 0.352 e. The van der Waals surface area contributed by atoms with E-state index in [0.29, 0.717) is 11.9 Å². The van der Waals surface area contributed by atoms with Gasteiger partial charge in [0.05, 0.1) is 5.56 Å². The lowest BCUT2D eigenvalue weighted by molar-refractivity contribution is -0.137. The van der Waals surface area contributed by atoms with Gasteiger partial charge in [-0.25, -0.2) is 4.98 Å². The van der Waals surface area contributed by atoms with Crippen molar-refractivity contribution < 1.29 is 13.2 Å². The van der Waals surface area contributed by atoms with E-state index in [1.807, 2.05) is 7.05 Å². The third-order valence-corrected chi connectivity index (χ3v) is 3.19. The van der Waals surface area contributed by atoms with Crippen molar-refractivity contribution in [1.29, 1.82) is 0 Å². The fourth-order valence-corrected chi connectivity index (χ4v) is 2.31. The fourth-order valence-electron chi connectivity index (χ4n) is 2.31. The Bertz CT molecular complexity index is 389. The maximum Gasteiger partial charge on any atom is 0.417 e. The van der Waals surface area contributed by atoms with Crippen LogP contribution in [0.25, 0.3) is 0 Å². The zero-order chi connectivity index (χ0) is 13.2. The van der Waals surface area contributed by atoms with Crippen molar-refractivity contribution >= 4 is 5.82 Å². The number of halogens is 3. The van der Waals surface area contributed by atoms with E-state index in [0.717, 1.165) is 38.2 Å². The largest absolute Gasteiger partial charge is 0.417 e. The minimum atomic E-state index is -4.32. The Morgan fingerprint density at radius 3 is 2.78 bits per heavy atom. The van der Waals surface area contributed by atoms with E-state index in [4.69, 9.17) is 0 Å². The predicted molar refractivity (Wildman–Crippen MR) is 63.5 cm³/mol.